The Hall–Kier alpha value is -3.78. The highest BCUT2D eigenvalue weighted by atomic mass is 35.5. The third-order valence-corrected chi connectivity index (χ3v) is 8.95. The minimum absolute atomic E-state index is 0.0834. The number of nitrogens with zero attached hydrogens (tertiary/aromatic N) is 2. The molecule has 1 aliphatic rings. The van der Waals surface area contributed by atoms with E-state index < -0.39 is 5.91 Å². The number of rotatable bonds is 11. The third kappa shape index (κ3) is 6.19. The van der Waals surface area contributed by atoms with Crippen molar-refractivity contribution in [3.63, 3.8) is 0 Å². The summed E-state index contributed by atoms with van der Waals surface area (Å²) >= 11 is 8.06. The van der Waals surface area contributed by atoms with Gasteiger partial charge in [0.25, 0.3) is 0 Å². The minimum Gasteiger partial charge on any atom is -0.487 e. The zero-order valence-electron chi connectivity index (χ0n) is 23.4. The number of primary amides is 1. The number of benzene rings is 3. The summed E-state index contributed by atoms with van der Waals surface area (Å²) in [6.07, 6.45) is 3.48. The number of hydrogen-bond donors (Lipinski definition) is 1. The maximum Gasteiger partial charge on any atom is 0.243 e. The summed E-state index contributed by atoms with van der Waals surface area (Å²) in [6, 6.07) is 26.6. The van der Waals surface area contributed by atoms with Gasteiger partial charge in [0.2, 0.25) is 5.91 Å². The van der Waals surface area contributed by atoms with Gasteiger partial charge >= 0.3 is 0 Å². The van der Waals surface area contributed by atoms with E-state index in [0.29, 0.717) is 36.5 Å². The molecule has 2 aromatic heterocycles. The average Bonchev–Trinajstić information content (AvgIpc) is 3.29. The van der Waals surface area contributed by atoms with Crippen LogP contribution in [-0.4, -0.2) is 33.9 Å². The van der Waals surface area contributed by atoms with Crippen molar-refractivity contribution < 1.29 is 14.3 Å². The second-order valence-electron chi connectivity index (χ2n) is 10.5. The summed E-state index contributed by atoms with van der Waals surface area (Å²) < 4.78 is 14.4. The van der Waals surface area contributed by atoms with Gasteiger partial charge in [0.05, 0.1) is 17.8 Å². The van der Waals surface area contributed by atoms with Gasteiger partial charge in [0, 0.05) is 56.5 Å². The zero-order chi connectivity index (χ0) is 29.1. The highest BCUT2D eigenvalue weighted by Gasteiger charge is 2.28. The van der Waals surface area contributed by atoms with Crippen molar-refractivity contribution in [2.45, 2.75) is 43.1 Å². The highest BCUT2D eigenvalue weighted by molar-refractivity contribution is 8.00. The molecule has 5 aromatic rings. The van der Waals surface area contributed by atoms with Crippen LogP contribution in [0.15, 0.2) is 90.0 Å². The Labute approximate surface area is 254 Å². The quantitative estimate of drug-likeness (QED) is 0.165. The second kappa shape index (κ2) is 12.6. The number of thioether (sulfide) groups is 1. The van der Waals surface area contributed by atoms with Gasteiger partial charge in [-0.15, -0.1) is 11.8 Å². The lowest BCUT2D eigenvalue weighted by Gasteiger charge is -2.22. The molecule has 3 aromatic carbocycles. The molecule has 0 bridgehead atoms. The van der Waals surface area contributed by atoms with Crippen LogP contribution in [0, 0.1) is 0 Å². The minimum atomic E-state index is -0.464. The van der Waals surface area contributed by atoms with Crippen LogP contribution in [0.5, 0.6) is 5.75 Å². The molecule has 8 heteroatoms. The predicted molar refractivity (Wildman–Crippen MR) is 169 cm³/mol. The lowest BCUT2D eigenvalue weighted by atomic mass is 10.0. The Morgan fingerprint density at radius 1 is 1.05 bits per heavy atom. The van der Waals surface area contributed by atoms with Crippen LogP contribution >= 0.6 is 23.4 Å². The first-order chi connectivity index (χ1) is 20.5. The first-order valence-electron chi connectivity index (χ1n) is 14.0. The molecule has 6 rings (SSSR count). The van der Waals surface area contributed by atoms with Crippen LogP contribution in [0.25, 0.3) is 22.0 Å². The first-order valence-corrected chi connectivity index (χ1v) is 15.3. The van der Waals surface area contributed by atoms with E-state index in [4.69, 9.17) is 26.8 Å². The Balaban J connectivity index is 1.32. The Kier molecular flexibility index (Phi) is 8.51. The second-order valence-corrected chi connectivity index (χ2v) is 12.4. The van der Waals surface area contributed by atoms with Gasteiger partial charge in [-0.25, -0.2) is 0 Å². The van der Waals surface area contributed by atoms with Crippen molar-refractivity contribution in [2.24, 2.45) is 5.73 Å². The summed E-state index contributed by atoms with van der Waals surface area (Å²) in [6.45, 7) is 3.67. The van der Waals surface area contributed by atoms with Crippen molar-refractivity contribution in [1.29, 1.82) is 0 Å². The molecular formula is C34H32ClN3O3S. The summed E-state index contributed by atoms with van der Waals surface area (Å²) in [5.74, 6) is 0.430. The lowest BCUT2D eigenvalue weighted by molar-refractivity contribution is -0.122. The van der Waals surface area contributed by atoms with Crippen LogP contribution in [0.3, 0.4) is 0 Å². The number of carbonyl (C=O) groups is 1. The molecule has 2 N–H and O–H groups in total. The third-order valence-electron chi connectivity index (χ3n) is 7.45. The summed E-state index contributed by atoms with van der Waals surface area (Å²) in [5, 5.41) is 2.33. The number of pyridine rings is 1. The number of ether oxygens (including phenoxy) is 2. The van der Waals surface area contributed by atoms with Crippen molar-refractivity contribution in [3.05, 3.63) is 113 Å². The molecule has 1 unspecified atom stereocenters. The first kappa shape index (κ1) is 28.3. The number of halogens is 1. The molecule has 42 heavy (non-hydrogen) atoms. The van der Waals surface area contributed by atoms with Gasteiger partial charge in [-0.3, -0.25) is 9.78 Å². The van der Waals surface area contributed by atoms with E-state index in [1.165, 1.54) is 21.5 Å². The van der Waals surface area contributed by atoms with Gasteiger partial charge in [-0.1, -0.05) is 67.1 Å². The topological polar surface area (TPSA) is 79.4 Å². The normalized spacial score (nSPS) is 14.3. The fraction of sp³-hybridized carbons (Fsp3) is 0.235. The van der Waals surface area contributed by atoms with Gasteiger partial charge < -0.3 is 19.8 Å². The van der Waals surface area contributed by atoms with Crippen LogP contribution in [0.1, 0.15) is 29.4 Å². The molecule has 1 aliphatic heterocycles. The van der Waals surface area contributed by atoms with E-state index in [9.17, 15) is 4.79 Å². The number of aromatic nitrogens is 2. The maximum atomic E-state index is 11.2. The summed E-state index contributed by atoms with van der Waals surface area (Å²) in [4.78, 5) is 17.2. The monoisotopic (exact) mass is 597 g/mol. The Bertz CT molecular complexity index is 1700. The molecule has 1 atom stereocenters. The van der Waals surface area contributed by atoms with Gasteiger partial charge in [-0.05, 0) is 47.9 Å². The molecule has 0 aliphatic carbocycles. The SMILES string of the molecule is CC1Cc2c(OCc3ccc(-c4ccccc4)cn3)ccc3c2c(c(CCOCC(N)=O)n3Cc2ccc(Cl)cc2)S1. The standard InChI is InChI=1S/C34H32ClN3O3S/c1-22-17-28-31(41-20-27-12-9-25(18-37-27)24-5-3-2-4-6-24)14-13-29-33(28)34(42-22)30(15-16-40-21-32(36)39)38(29)19-23-7-10-26(35)11-8-23/h2-14,18,22H,15-17,19-21H2,1H3,(H2,36,39). The predicted octanol–water partition coefficient (Wildman–Crippen LogP) is 7.07. The van der Waals surface area contributed by atoms with Crippen molar-refractivity contribution >= 4 is 40.2 Å². The van der Waals surface area contributed by atoms with Gasteiger partial charge in [0.15, 0.2) is 0 Å². The highest BCUT2D eigenvalue weighted by Crippen LogP contribution is 2.47. The molecule has 0 saturated carbocycles. The van der Waals surface area contributed by atoms with Crippen molar-refractivity contribution in [1.82, 2.24) is 9.55 Å². The number of nitrogens with two attached hydrogens (primary N) is 1. The van der Waals surface area contributed by atoms with Gasteiger partial charge in [-0.2, -0.15) is 0 Å². The molecular weight excluding hydrogens is 566 g/mol. The van der Waals surface area contributed by atoms with E-state index in [1.807, 2.05) is 54.4 Å². The molecule has 0 fully saturated rings. The lowest BCUT2D eigenvalue weighted by Crippen LogP contribution is -2.19. The van der Waals surface area contributed by atoms with Crippen LogP contribution in [0.2, 0.25) is 5.02 Å². The number of amides is 1. The molecule has 0 spiro atoms. The van der Waals surface area contributed by atoms with Crippen molar-refractivity contribution in [3.8, 4) is 16.9 Å². The Morgan fingerprint density at radius 2 is 1.86 bits per heavy atom. The van der Waals surface area contributed by atoms with Gasteiger partial charge in [0.1, 0.15) is 19.0 Å². The number of hydrogen-bond acceptors (Lipinski definition) is 5. The van der Waals surface area contributed by atoms with E-state index in [-0.39, 0.29) is 6.61 Å². The Morgan fingerprint density at radius 3 is 2.60 bits per heavy atom. The summed E-state index contributed by atoms with van der Waals surface area (Å²) in [5.41, 5.74) is 13.2. The van der Waals surface area contributed by atoms with Crippen molar-refractivity contribution in [2.75, 3.05) is 13.2 Å². The molecule has 3 heterocycles. The van der Waals surface area contributed by atoms with E-state index in [0.717, 1.165) is 40.1 Å². The smallest absolute Gasteiger partial charge is 0.243 e. The van der Waals surface area contributed by atoms with E-state index in [1.54, 1.807) is 0 Å². The van der Waals surface area contributed by atoms with E-state index >= 15 is 0 Å². The molecule has 0 radical (unpaired) electrons. The summed E-state index contributed by atoms with van der Waals surface area (Å²) in [7, 11) is 0. The van der Waals surface area contributed by atoms with Crippen LogP contribution in [-0.2, 0) is 35.5 Å². The molecule has 6 nitrogen and oxygen atoms in total. The molecule has 0 saturated heterocycles. The molecule has 214 valence electrons. The van der Waals surface area contributed by atoms with Crippen LogP contribution in [0.4, 0.5) is 0 Å². The zero-order valence-corrected chi connectivity index (χ0v) is 25.0. The fourth-order valence-corrected chi connectivity index (χ4v) is 6.98. The van der Waals surface area contributed by atoms with Crippen LogP contribution < -0.4 is 10.5 Å². The van der Waals surface area contributed by atoms with E-state index in [2.05, 4.69) is 58.9 Å². The average molecular weight is 598 g/mol. The fourth-order valence-electron chi connectivity index (χ4n) is 5.51. The largest absolute Gasteiger partial charge is 0.487 e. The maximum absolute atomic E-state index is 11.2. The molecule has 1 amide bonds. The number of carbonyl (C=O) groups excluding carboxylic acids is 1.